The van der Waals surface area contributed by atoms with E-state index >= 15 is 0 Å². The second-order valence-corrected chi connectivity index (χ2v) is 6.32. The van der Waals surface area contributed by atoms with Crippen molar-refractivity contribution in [1.82, 2.24) is 9.80 Å². The molecule has 0 saturated carbocycles. The van der Waals surface area contributed by atoms with Gasteiger partial charge in [0.2, 0.25) is 0 Å². The number of phenolic OH excluding ortho intramolecular Hbond substituents is 1. The van der Waals surface area contributed by atoms with Gasteiger partial charge in [0.25, 0.3) is 5.91 Å². The average Bonchev–Trinajstić information content (AvgIpc) is 2.84. The van der Waals surface area contributed by atoms with Crippen LogP contribution in [-0.4, -0.2) is 47.0 Å². The van der Waals surface area contributed by atoms with Gasteiger partial charge >= 0.3 is 0 Å². The highest BCUT2D eigenvalue weighted by Crippen LogP contribution is 2.21. The molecule has 0 unspecified atom stereocenters. The van der Waals surface area contributed by atoms with E-state index in [0.717, 1.165) is 31.6 Å². The molecule has 2 aromatic rings. The molecule has 0 spiro atoms. The molecular formula is C19H22FN3O2. The van der Waals surface area contributed by atoms with Crippen LogP contribution < -0.4 is 5.73 Å². The maximum Gasteiger partial charge on any atom is 0.256 e. The van der Waals surface area contributed by atoms with Gasteiger partial charge in [-0.3, -0.25) is 9.69 Å². The lowest BCUT2D eigenvalue weighted by molar-refractivity contribution is 0.0761. The fourth-order valence-corrected chi connectivity index (χ4v) is 3.08. The van der Waals surface area contributed by atoms with Gasteiger partial charge in [-0.1, -0.05) is 12.1 Å². The smallest absolute Gasteiger partial charge is 0.256 e. The zero-order valence-electron chi connectivity index (χ0n) is 14.0. The molecule has 1 saturated heterocycles. The third-order valence-corrected chi connectivity index (χ3v) is 4.46. The lowest BCUT2D eigenvalue weighted by Crippen LogP contribution is -2.35. The summed E-state index contributed by atoms with van der Waals surface area (Å²) in [5, 5.41) is 9.60. The molecule has 0 atom stereocenters. The number of rotatable bonds is 3. The van der Waals surface area contributed by atoms with Crippen molar-refractivity contribution < 1.29 is 14.3 Å². The highest BCUT2D eigenvalue weighted by atomic mass is 19.1. The number of hydrogen-bond donors (Lipinski definition) is 2. The Morgan fingerprint density at radius 1 is 1.08 bits per heavy atom. The van der Waals surface area contributed by atoms with Crippen LogP contribution in [0.3, 0.4) is 0 Å². The lowest BCUT2D eigenvalue weighted by Gasteiger charge is -2.22. The minimum absolute atomic E-state index is 0.0327. The molecular weight excluding hydrogens is 321 g/mol. The Bertz CT molecular complexity index is 749. The number of hydrogen-bond acceptors (Lipinski definition) is 4. The van der Waals surface area contributed by atoms with Crippen molar-refractivity contribution in [2.45, 2.75) is 13.0 Å². The number of carbonyl (C=O) groups is 1. The number of nitrogens with zero attached hydrogens (tertiary/aromatic N) is 2. The van der Waals surface area contributed by atoms with Crippen molar-refractivity contribution in [3.63, 3.8) is 0 Å². The van der Waals surface area contributed by atoms with Gasteiger partial charge in [-0.2, -0.15) is 0 Å². The molecule has 0 bridgehead atoms. The Morgan fingerprint density at radius 3 is 2.60 bits per heavy atom. The van der Waals surface area contributed by atoms with Crippen molar-refractivity contribution in [1.29, 1.82) is 0 Å². The van der Waals surface area contributed by atoms with Crippen LogP contribution in [0.15, 0.2) is 42.5 Å². The topological polar surface area (TPSA) is 69.8 Å². The van der Waals surface area contributed by atoms with Crippen molar-refractivity contribution >= 4 is 11.6 Å². The van der Waals surface area contributed by atoms with Gasteiger partial charge in [0, 0.05) is 38.4 Å². The fraction of sp³-hybridized carbons (Fsp3) is 0.316. The first kappa shape index (κ1) is 17.2. The van der Waals surface area contributed by atoms with Gasteiger partial charge < -0.3 is 15.7 Å². The molecule has 1 aliphatic rings. The summed E-state index contributed by atoms with van der Waals surface area (Å²) in [5.41, 5.74) is 7.64. The summed E-state index contributed by atoms with van der Waals surface area (Å²) in [7, 11) is 0. The van der Waals surface area contributed by atoms with Gasteiger partial charge in [-0.05, 0) is 42.3 Å². The van der Waals surface area contributed by atoms with E-state index < -0.39 is 0 Å². The third-order valence-electron chi connectivity index (χ3n) is 4.46. The predicted molar refractivity (Wildman–Crippen MR) is 94.7 cm³/mol. The molecule has 3 N–H and O–H groups in total. The quantitative estimate of drug-likeness (QED) is 0.663. The minimum Gasteiger partial charge on any atom is -0.508 e. The number of nitrogen functional groups attached to an aromatic ring is 1. The van der Waals surface area contributed by atoms with Gasteiger partial charge in [-0.15, -0.1) is 0 Å². The van der Waals surface area contributed by atoms with Crippen LogP contribution in [-0.2, 0) is 6.54 Å². The number of halogens is 1. The molecule has 1 heterocycles. The van der Waals surface area contributed by atoms with E-state index in [0.29, 0.717) is 24.3 Å². The van der Waals surface area contributed by atoms with E-state index in [4.69, 9.17) is 5.73 Å². The molecule has 0 aromatic heterocycles. The largest absolute Gasteiger partial charge is 0.508 e. The van der Waals surface area contributed by atoms with Crippen molar-refractivity contribution in [3.05, 3.63) is 59.4 Å². The molecule has 1 fully saturated rings. The van der Waals surface area contributed by atoms with Crippen molar-refractivity contribution in [3.8, 4) is 5.75 Å². The van der Waals surface area contributed by atoms with E-state index in [9.17, 15) is 14.3 Å². The fourth-order valence-electron chi connectivity index (χ4n) is 3.08. The molecule has 2 aromatic carbocycles. The summed E-state index contributed by atoms with van der Waals surface area (Å²) >= 11 is 0. The predicted octanol–water partition coefficient (Wildman–Crippen LogP) is 2.46. The molecule has 25 heavy (non-hydrogen) atoms. The van der Waals surface area contributed by atoms with Crippen LogP contribution >= 0.6 is 0 Å². The van der Waals surface area contributed by atoms with E-state index in [1.165, 1.54) is 24.3 Å². The van der Waals surface area contributed by atoms with E-state index in [-0.39, 0.29) is 17.5 Å². The van der Waals surface area contributed by atoms with Crippen LogP contribution in [0.1, 0.15) is 22.3 Å². The van der Waals surface area contributed by atoms with Crippen LogP contribution in [0.2, 0.25) is 0 Å². The Morgan fingerprint density at radius 2 is 1.84 bits per heavy atom. The Labute approximate surface area is 146 Å². The summed E-state index contributed by atoms with van der Waals surface area (Å²) in [5.74, 6) is -0.359. The number of benzene rings is 2. The first-order chi connectivity index (χ1) is 12.0. The number of anilines is 1. The summed E-state index contributed by atoms with van der Waals surface area (Å²) in [4.78, 5) is 16.7. The molecule has 3 rings (SSSR count). The summed E-state index contributed by atoms with van der Waals surface area (Å²) in [6.45, 7) is 3.58. The summed E-state index contributed by atoms with van der Waals surface area (Å²) in [6, 6.07) is 10.9. The van der Waals surface area contributed by atoms with Crippen LogP contribution in [0.4, 0.5) is 10.1 Å². The Hall–Kier alpha value is -2.60. The lowest BCUT2D eigenvalue weighted by atomic mass is 10.1. The number of phenols is 1. The van der Waals surface area contributed by atoms with Crippen molar-refractivity contribution in [2.75, 3.05) is 31.9 Å². The normalized spacial score (nSPS) is 15.8. The zero-order valence-corrected chi connectivity index (χ0v) is 14.0. The van der Waals surface area contributed by atoms with E-state index in [1.54, 1.807) is 23.1 Å². The molecule has 132 valence electrons. The average molecular weight is 343 g/mol. The highest BCUT2D eigenvalue weighted by molar-refractivity contribution is 5.99. The molecule has 6 heteroatoms. The SMILES string of the molecule is Nc1ccc(O)cc1C(=O)N1CCCN(Cc2ccc(F)cc2)CC1. The molecule has 1 amide bonds. The minimum atomic E-state index is -0.236. The molecule has 1 aliphatic heterocycles. The number of aromatic hydroxyl groups is 1. The van der Waals surface area contributed by atoms with Gasteiger partial charge in [-0.25, -0.2) is 4.39 Å². The molecule has 0 aliphatic carbocycles. The summed E-state index contributed by atoms with van der Waals surface area (Å²) in [6.07, 6.45) is 0.853. The van der Waals surface area contributed by atoms with Crippen molar-refractivity contribution in [2.24, 2.45) is 0 Å². The van der Waals surface area contributed by atoms with Crippen LogP contribution in [0.25, 0.3) is 0 Å². The second-order valence-electron chi connectivity index (χ2n) is 6.32. The zero-order chi connectivity index (χ0) is 17.8. The maximum atomic E-state index is 13.0. The number of nitrogens with two attached hydrogens (primary N) is 1. The first-order valence-corrected chi connectivity index (χ1v) is 8.37. The molecule has 5 nitrogen and oxygen atoms in total. The monoisotopic (exact) mass is 343 g/mol. The Kier molecular flexibility index (Phi) is 5.19. The maximum absolute atomic E-state index is 13.0. The second kappa shape index (κ2) is 7.53. The standard InChI is InChI=1S/C19H22FN3O2/c20-15-4-2-14(3-5-15)13-22-8-1-9-23(11-10-22)19(25)17-12-16(24)6-7-18(17)21/h2-7,12,24H,1,8-11,13,21H2. The van der Waals surface area contributed by atoms with E-state index in [1.807, 2.05) is 0 Å². The highest BCUT2D eigenvalue weighted by Gasteiger charge is 2.22. The summed E-state index contributed by atoms with van der Waals surface area (Å²) < 4.78 is 13.0. The number of carbonyl (C=O) groups excluding carboxylic acids is 1. The third kappa shape index (κ3) is 4.28. The molecule has 0 radical (unpaired) electrons. The van der Waals surface area contributed by atoms with Gasteiger partial charge in [0.15, 0.2) is 0 Å². The number of amides is 1. The van der Waals surface area contributed by atoms with Crippen LogP contribution in [0, 0.1) is 5.82 Å². The first-order valence-electron chi connectivity index (χ1n) is 8.37. The van der Waals surface area contributed by atoms with Gasteiger partial charge in [0.1, 0.15) is 11.6 Å². The van der Waals surface area contributed by atoms with Crippen LogP contribution in [0.5, 0.6) is 5.75 Å². The van der Waals surface area contributed by atoms with Gasteiger partial charge in [0.05, 0.1) is 5.56 Å². The van der Waals surface area contributed by atoms with E-state index in [2.05, 4.69) is 4.90 Å². The Balaban J connectivity index is 1.64.